The van der Waals surface area contributed by atoms with Crippen molar-refractivity contribution >= 4 is 6.09 Å². The Bertz CT molecular complexity index is 733. The van der Waals surface area contributed by atoms with E-state index in [1.54, 1.807) is 0 Å². The van der Waals surface area contributed by atoms with Crippen molar-refractivity contribution in [2.24, 2.45) is 11.3 Å². The molecular formula is C20H27N3O2. The Morgan fingerprint density at radius 2 is 2.00 bits per heavy atom. The zero-order chi connectivity index (χ0) is 18.1. The quantitative estimate of drug-likeness (QED) is 0.752. The van der Waals surface area contributed by atoms with Gasteiger partial charge in [-0.05, 0) is 24.2 Å². The maximum Gasteiger partial charge on any atom is 0.405 e. The third-order valence-corrected chi connectivity index (χ3v) is 5.35. The maximum absolute atomic E-state index is 11.6. The molecule has 134 valence electrons. The summed E-state index contributed by atoms with van der Waals surface area (Å²) in [6.07, 6.45) is 4.76. The summed E-state index contributed by atoms with van der Waals surface area (Å²) < 4.78 is 0. The molecule has 1 aromatic heterocycles. The minimum absolute atomic E-state index is 0.0252. The molecule has 1 aliphatic rings. The Kier molecular flexibility index (Phi) is 4.58. The van der Waals surface area contributed by atoms with Crippen LogP contribution in [0, 0.1) is 11.3 Å². The first kappa shape index (κ1) is 17.5. The highest BCUT2D eigenvalue weighted by Crippen LogP contribution is 2.49. The Balaban J connectivity index is 2.06. The van der Waals surface area contributed by atoms with Crippen LogP contribution in [0.15, 0.2) is 36.5 Å². The Morgan fingerprint density at radius 1 is 1.28 bits per heavy atom. The number of carboxylic acid groups (broad SMARTS) is 1. The van der Waals surface area contributed by atoms with Gasteiger partial charge in [0.05, 0.1) is 5.69 Å². The number of carbonyl (C=O) groups is 1. The minimum Gasteiger partial charge on any atom is -0.465 e. The minimum atomic E-state index is -0.992. The molecule has 25 heavy (non-hydrogen) atoms. The lowest BCUT2D eigenvalue weighted by atomic mass is 9.61. The lowest BCUT2D eigenvalue weighted by Crippen LogP contribution is -2.56. The van der Waals surface area contributed by atoms with Crippen LogP contribution in [0.5, 0.6) is 0 Å². The van der Waals surface area contributed by atoms with Crippen LogP contribution in [0.2, 0.25) is 0 Å². The van der Waals surface area contributed by atoms with E-state index in [0.717, 1.165) is 42.8 Å². The summed E-state index contributed by atoms with van der Waals surface area (Å²) in [5.74, 6) is 0.910. The van der Waals surface area contributed by atoms with Gasteiger partial charge in [-0.2, -0.15) is 0 Å². The number of nitrogens with zero attached hydrogens (tertiary/aromatic N) is 1. The van der Waals surface area contributed by atoms with Gasteiger partial charge in [0.2, 0.25) is 0 Å². The molecular weight excluding hydrogens is 314 g/mol. The summed E-state index contributed by atoms with van der Waals surface area (Å²) in [6.45, 7) is 6.55. The van der Waals surface area contributed by atoms with Crippen molar-refractivity contribution in [1.29, 1.82) is 0 Å². The van der Waals surface area contributed by atoms with Crippen LogP contribution in [0.25, 0.3) is 11.3 Å². The number of imidazole rings is 1. The molecule has 0 aliphatic heterocycles. The molecule has 2 aromatic rings. The molecule has 1 aliphatic carbocycles. The first-order chi connectivity index (χ1) is 11.8. The third kappa shape index (κ3) is 3.41. The Morgan fingerprint density at radius 3 is 2.64 bits per heavy atom. The first-order valence-corrected chi connectivity index (χ1v) is 8.95. The number of hydrogen-bond acceptors (Lipinski definition) is 2. The van der Waals surface area contributed by atoms with Crippen molar-refractivity contribution in [1.82, 2.24) is 15.3 Å². The second-order valence-corrected chi connectivity index (χ2v) is 8.07. The molecule has 0 radical (unpaired) electrons. The molecule has 1 fully saturated rings. The molecule has 2 atom stereocenters. The van der Waals surface area contributed by atoms with Gasteiger partial charge in [0, 0.05) is 11.8 Å². The zero-order valence-electron chi connectivity index (χ0n) is 15.2. The lowest BCUT2D eigenvalue weighted by Gasteiger charge is -2.48. The SMILES string of the molecule is CC(C)(C)C1CCCCC1(NC(=O)O)c1nc(-c2ccccc2)c[nH]1. The number of H-pyrrole nitrogens is 1. The largest absolute Gasteiger partial charge is 0.465 e. The van der Waals surface area contributed by atoms with Crippen molar-refractivity contribution in [2.75, 3.05) is 0 Å². The van der Waals surface area contributed by atoms with E-state index in [4.69, 9.17) is 4.98 Å². The van der Waals surface area contributed by atoms with E-state index >= 15 is 0 Å². The predicted octanol–water partition coefficient (Wildman–Crippen LogP) is 4.78. The molecule has 0 spiro atoms. The number of hydrogen-bond donors (Lipinski definition) is 3. The smallest absolute Gasteiger partial charge is 0.405 e. The number of benzene rings is 1. The van der Waals surface area contributed by atoms with E-state index in [-0.39, 0.29) is 11.3 Å². The van der Waals surface area contributed by atoms with Gasteiger partial charge in [-0.1, -0.05) is 63.9 Å². The summed E-state index contributed by atoms with van der Waals surface area (Å²) in [7, 11) is 0. The standard InChI is InChI=1S/C20H27N3O2/c1-19(2,3)16-11-7-8-12-20(16,23-18(24)25)17-21-13-15(22-17)14-9-5-4-6-10-14/h4-6,9-10,13,16,23H,7-8,11-12H2,1-3H3,(H,21,22)(H,24,25). The highest BCUT2D eigenvalue weighted by Gasteiger charge is 2.50. The lowest BCUT2D eigenvalue weighted by molar-refractivity contribution is 0.0429. The third-order valence-electron chi connectivity index (χ3n) is 5.35. The first-order valence-electron chi connectivity index (χ1n) is 8.95. The summed E-state index contributed by atoms with van der Waals surface area (Å²) in [5.41, 5.74) is 1.18. The molecule has 1 heterocycles. The van der Waals surface area contributed by atoms with Gasteiger partial charge in [-0.15, -0.1) is 0 Å². The molecule has 0 saturated heterocycles. The molecule has 0 bridgehead atoms. The van der Waals surface area contributed by atoms with Crippen molar-refractivity contribution in [3.05, 3.63) is 42.4 Å². The highest BCUT2D eigenvalue weighted by molar-refractivity contribution is 5.66. The normalized spacial score (nSPS) is 24.0. The van der Waals surface area contributed by atoms with Gasteiger partial charge in [0.25, 0.3) is 0 Å². The molecule has 5 nitrogen and oxygen atoms in total. The average Bonchev–Trinajstić information content (AvgIpc) is 3.05. The maximum atomic E-state index is 11.6. The van der Waals surface area contributed by atoms with Crippen molar-refractivity contribution in [2.45, 2.75) is 52.0 Å². The van der Waals surface area contributed by atoms with E-state index in [1.165, 1.54) is 0 Å². The highest BCUT2D eigenvalue weighted by atomic mass is 16.4. The van der Waals surface area contributed by atoms with Crippen LogP contribution >= 0.6 is 0 Å². The van der Waals surface area contributed by atoms with Gasteiger partial charge in [0.1, 0.15) is 11.4 Å². The van der Waals surface area contributed by atoms with Crippen LogP contribution in [-0.2, 0) is 5.54 Å². The van der Waals surface area contributed by atoms with Gasteiger partial charge >= 0.3 is 6.09 Å². The van der Waals surface area contributed by atoms with Crippen molar-refractivity contribution < 1.29 is 9.90 Å². The van der Waals surface area contributed by atoms with E-state index < -0.39 is 11.6 Å². The summed E-state index contributed by atoms with van der Waals surface area (Å²) in [6, 6.07) is 9.96. The topological polar surface area (TPSA) is 78.0 Å². The number of rotatable bonds is 3. The van der Waals surface area contributed by atoms with Crippen LogP contribution in [0.3, 0.4) is 0 Å². The number of aromatic amines is 1. The molecule has 3 rings (SSSR count). The monoisotopic (exact) mass is 341 g/mol. The summed E-state index contributed by atoms with van der Waals surface area (Å²) in [5, 5.41) is 12.4. The Hall–Kier alpha value is -2.30. The summed E-state index contributed by atoms with van der Waals surface area (Å²) in [4.78, 5) is 19.7. The van der Waals surface area contributed by atoms with Gasteiger partial charge < -0.3 is 15.4 Å². The predicted molar refractivity (Wildman–Crippen MR) is 98.3 cm³/mol. The fourth-order valence-corrected chi connectivity index (χ4v) is 4.34. The van der Waals surface area contributed by atoms with Gasteiger partial charge in [0.15, 0.2) is 0 Å². The summed E-state index contributed by atoms with van der Waals surface area (Å²) >= 11 is 0. The molecule has 2 unspecified atom stereocenters. The van der Waals surface area contributed by atoms with E-state index in [2.05, 4.69) is 31.1 Å². The van der Waals surface area contributed by atoms with E-state index in [9.17, 15) is 9.90 Å². The van der Waals surface area contributed by atoms with E-state index in [1.807, 2.05) is 36.5 Å². The second kappa shape index (κ2) is 6.54. The fourth-order valence-electron chi connectivity index (χ4n) is 4.34. The molecule has 1 aromatic carbocycles. The van der Waals surface area contributed by atoms with Crippen LogP contribution in [0.4, 0.5) is 4.79 Å². The van der Waals surface area contributed by atoms with Crippen LogP contribution < -0.4 is 5.32 Å². The van der Waals surface area contributed by atoms with Crippen LogP contribution in [-0.4, -0.2) is 21.2 Å². The number of amides is 1. The van der Waals surface area contributed by atoms with Crippen molar-refractivity contribution in [3.8, 4) is 11.3 Å². The van der Waals surface area contributed by atoms with Gasteiger partial charge in [-0.25, -0.2) is 9.78 Å². The number of aromatic nitrogens is 2. The fraction of sp³-hybridized carbons (Fsp3) is 0.500. The zero-order valence-corrected chi connectivity index (χ0v) is 15.2. The van der Waals surface area contributed by atoms with Crippen LogP contribution in [0.1, 0.15) is 52.3 Å². The Labute approximate surface area is 148 Å². The molecule has 1 saturated carbocycles. The second-order valence-electron chi connectivity index (χ2n) is 8.07. The van der Waals surface area contributed by atoms with Gasteiger partial charge in [-0.3, -0.25) is 0 Å². The van der Waals surface area contributed by atoms with E-state index in [0.29, 0.717) is 0 Å². The number of nitrogens with one attached hydrogen (secondary N) is 2. The molecule has 5 heteroatoms. The molecule has 3 N–H and O–H groups in total. The molecule has 1 amide bonds. The average molecular weight is 341 g/mol. The van der Waals surface area contributed by atoms with Crippen molar-refractivity contribution in [3.63, 3.8) is 0 Å².